The van der Waals surface area contributed by atoms with E-state index in [1.807, 2.05) is 19.1 Å². The number of aryl methyl sites for hydroxylation is 1. The molecule has 1 atom stereocenters. The maximum Gasteiger partial charge on any atom is 0.421 e. The Labute approximate surface area is 281 Å². The largest absolute Gasteiger partial charge is 0.495 e. The van der Waals surface area contributed by atoms with Crippen molar-refractivity contribution in [1.82, 2.24) is 20.2 Å². The van der Waals surface area contributed by atoms with E-state index in [1.165, 1.54) is 13.4 Å². The topological polar surface area (TPSA) is 121 Å². The molecule has 0 aliphatic carbocycles. The number of benzene rings is 2. The highest BCUT2D eigenvalue weighted by molar-refractivity contribution is 7.85. The Kier molecular flexibility index (Phi) is 11.4. The highest BCUT2D eigenvalue weighted by Crippen LogP contribution is 2.36. The molecule has 5 rings (SSSR count). The van der Waals surface area contributed by atoms with Crippen LogP contribution in [0.3, 0.4) is 0 Å². The monoisotopic (exact) mass is 689 g/mol. The molecule has 3 N–H and O–H groups in total. The number of methoxy groups -OCH3 is 1. The van der Waals surface area contributed by atoms with Crippen molar-refractivity contribution in [3.63, 3.8) is 0 Å². The maximum absolute atomic E-state index is 14.0. The number of anilines is 4. The number of aromatic nitrogens is 2. The summed E-state index contributed by atoms with van der Waals surface area (Å²) >= 11 is 0. The molecule has 3 heterocycles. The lowest BCUT2D eigenvalue weighted by atomic mass is 9.99. The number of piperidine rings is 1. The minimum atomic E-state index is -4.72. The van der Waals surface area contributed by atoms with Crippen LogP contribution in [0.25, 0.3) is 0 Å². The number of halogens is 3. The van der Waals surface area contributed by atoms with E-state index in [1.54, 1.807) is 35.6 Å². The van der Waals surface area contributed by atoms with E-state index in [0.717, 1.165) is 57.6 Å². The number of ether oxygens (including phenoxy) is 2. The van der Waals surface area contributed by atoms with E-state index in [9.17, 15) is 22.2 Å². The fourth-order valence-electron chi connectivity index (χ4n) is 6.00. The quantitative estimate of drug-likeness (QED) is 0.247. The first-order valence-corrected chi connectivity index (χ1v) is 17.4. The molecule has 1 amide bonds. The molecule has 1 aromatic heterocycles. The highest BCUT2D eigenvalue weighted by atomic mass is 32.2. The van der Waals surface area contributed by atoms with Gasteiger partial charge in [0, 0.05) is 70.0 Å². The number of rotatable bonds is 11. The molecule has 0 saturated carbocycles. The number of likely N-dealkylation sites (tertiary alicyclic amines) is 1. The van der Waals surface area contributed by atoms with Crippen LogP contribution in [0.4, 0.5) is 36.3 Å². The molecular formula is C33H42F3N7O4S. The number of nitrogens with zero attached hydrogens (tertiary/aromatic N) is 4. The van der Waals surface area contributed by atoms with Crippen LogP contribution in [0.15, 0.2) is 42.6 Å². The van der Waals surface area contributed by atoms with Gasteiger partial charge in [-0.2, -0.15) is 18.2 Å². The molecule has 1 unspecified atom stereocenters. The maximum atomic E-state index is 14.0. The number of carbonyl (C=O) groups excluding carboxylic acids is 1. The van der Waals surface area contributed by atoms with Crippen LogP contribution < -0.4 is 25.0 Å². The average molecular weight is 690 g/mol. The molecule has 11 nitrogen and oxygen atoms in total. The van der Waals surface area contributed by atoms with Gasteiger partial charge in [0.15, 0.2) is 0 Å². The van der Waals surface area contributed by atoms with Crippen LogP contribution in [0.1, 0.15) is 52.7 Å². The molecule has 2 saturated heterocycles. The molecule has 2 aromatic carbocycles. The van der Waals surface area contributed by atoms with Crippen molar-refractivity contribution in [2.45, 2.75) is 57.4 Å². The second kappa shape index (κ2) is 15.5. The molecule has 2 fully saturated rings. The Balaban J connectivity index is 1.27. The van der Waals surface area contributed by atoms with Gasteiger partial charge in [-0.3, -0.25) is 9.10 Å². The second-order valence-corrected chi connectivity index (χ2v) is 13.4. The summed E-state index contributed by atoms with van der Waals surface area (Å²) in [5.74, 6) is -0.456. The van der Waals surface area contributed by atoms with Crippen molar-refractivity contribution < 1.29 is 31.6 Å². The van der Waals surface area contributed by atoms with E-state index in [0.29, 0.717) is 40.5 Å². The van der Waals surface area contributed by atoms with E-state index in [-0.39, 0.29) is 24.4 Å². The lowest BCUT2D eigenvalue weighted by Crippen LogP contribution is -2.49. The summed E-state index contributed by atoms with van der Waals surface area (Å²) in [4.78, 5) is 23.7. The van der Waals surface area contributed by atoms with Crippen LogP contribution in [0, 0.1) is 6.92 Å². The third-order valence-electron chi connectivity index (χ3n) is 8.79. The predicted octanol–water partition coefficient (Wildman–Crippen LogP) is 5.27. The van der Waals surface area contributed by atoms with Crippen molar-refractivity contribution in [3.05, 3.63) is 64.8 Å². The summed E-state index contributed by atoms with van der Waals surface area (Å²) in [6.45, 7) is 5.31. The molecule has 0 spiro atoms. The lowest BCUT2D eigenvalue weighted by Gasteiger charge is -2.39. The normalized spacial score (nSPS) is 17.1. The van der Waals surface area contributed by atoms with Gasteiger partial charge < -0.3 is 30.3 Å². The molecule has 260 valence electrons. The molecule has 2 aliphatic heterocycles. The fourth-order valence-corrected chi connectivity index (χ4v) is 6.45. The number of hydrogen-bond acceptors (Lipinski definition) is 9. The van der Waals surface area contributed by atoms with Crippen molar-refractivity contribution in [2.75, 3.05) is 61.7 Å². The Morgan fingerprint density at radius 1 is 1.12 bits per heavy atom. The third-order valence-corrected chi connectivity index (χ3v) is 9.76. The predicted molar refractivity (Wildman–Crippen MR) is 180 cm³/mol. The zero-order chi connectivity index (χ0) is 34.4. The molecular weight excluding hydrogens is 647 g/mol. The molecule has 0 radical (unpaired) electrons. The van der Waals surface area contributed by atoms with Crippen LogP contribution in [-0.2, 0) is 28.4 Å². The second-order valence-electron chi connectivity index (χ2n) is 12.0. The lowest BCUT2D eigenvalue weighted by molar-refractivity contribution is -0.137. The first-order valence-electron chi connectivity index (χ1n) is 15.9. The Morgan fingerprint density at radius 3 is 2.52 bits per heavy atom. The van der Waals surface area contributed by atoms with E-state index < -0.39 is 28.5 Å². The summed E-state index contributed by atoms with van der Waals surface area (Å²) in [5.41, 5.74) is 1.91. The standard InChI is InChI=1S/C33H42F3N7O4S/c1-21-5-6-23(28(17-21)42(2)48(4)45)19-37-30-26(33(34,35)36)20-38-32(41-30)40-27-8-7-22(18-29(27)46-3)31(44)39-24-9-13-43(14-10-24)25-11-15-47-16-12-25/h5-8,17-18,20,24-25H,9-16,19H2,1-4H3,(H,39,44)(H2,37,38,40,41). The third kappa shape index (κ3) is 8.74. The van der Waals surface area contributed by atoms with Crippen LogP contribution in [0.5, 0.6) is 5.75 Å². The van der Waals surface area contributed by atoms with Crippen LogP contribution in [0.2, 0.25) is 0 Å². The molecule has 3 aromatic rings. The number of alkyl halides is 3. The van der Waals surface area contributed by atoms with Crippen molar-refractivity contribution >= 4 is 40.0 Å². The summed E-state index contributed by atoms with van der Waals surface area (Å²) in [6, 6.07) is 10.8. The van der Waals surface area contributed by atoms with Gasteiger partial charge in [-0.1, -0.05) is 12.1 Å². The number of nitrogens with one attached hydrogen (secondary N) is 3. The number of hydrogen-bond donors (Lipinski definition) is 3. The average Bonchev–Trinajstić information content (AvgIpc) is 3.07. The smallest absolute Gasteiger partial charge is 0.421 e. The molecule has 48 heavy (non-hydrogen) atoms. The SMILES string of the molecule is COc1cc(C(=O)NC2CCN(C3CCOCC3)CC2)ccc1Nc1ncc(C(F)(F)F)c(NCc2ccc(C)cc2N(C)S(C)=O)n1. The zero-order valence-corrected chi connectivity index (χ0v) is 28.3. The summed E-state index contributed by atoms with van der Waals surface area (Å²) in [6.07, 6.45) is 1.33. The van der Waals surface area contributed by atoms with E-state index in [2.05, 4.69) is 30.8 Å². The highest BCUT2D eigenvalue weighted by Gasteiger charge is 2.35. The zero-order valence-electron chi connectivity index (χ0n) is 27.5. The van der Waals surface area contributed by atoms with Gasteiger partial charge in [-0.25, -0.2) is 9.19 Å². The van der Waals surface area contributed by atoms with Crippen LogP contribution in [-0.4, -0.2) is 83.8 Å². The Morgan fingerprint density at radius 2 is 1.85 bits per heavy atom. The molecule has 2 aliphatic rings. The summed E-state index contributed by atoms with van der Waals surface area (Å²) in [5, 5.41) is 8.85. The van der Waals surface area contributed by atoms with Gasteiger partial charge in [-0.15, -0.1) is 0 Å². The fraction of sp³-hybridized carbons (Fsp3) is 0.485. The summed E-state index contributed by atoms with van der Waals surface area (Å²) < 4.78 is 66.6. The number of carbonyl (C=O) groups is 1. The van der Waals surface area contributed by atoms with Gasteiger partial charge in [0.2, 0.25) is 5.95 Å². The summed E-state index contributed by atoms with van der Waals surface area (Å²) in [7, 11) is 1.76. The van der Waals surface area contributed by atoms with Crippen molar-refractivity contribution in [2.24, 2.45) is 0 Å². The molecule has 0 bridgehead atoms. The van der Waals surface area contributed by atoms with Gasteiger partial charge in [-0.05, 0) is 68.0 Å². The number of amides is 1. The van der Waals surface area contributed by atoms with Gasteiger partial charge in [0.05, 0.1) is 18.5 Å². The Bertz CT molecular complexity index is 1610. The minimum Gasteiger partial charge on any atom is -0.495 e. The van der Waals surface area contributed by atoms with Gasteiger partial charge >= 0.3 is 6.18 Å². The first kappa shape index (κ1) is 35.4. The Hall–Kier alpha value is -3.95. The van der Waals surface area contributed by atoms with Crippen LogP contribution >= 0.6 is 0 Å². The first-order chi connectivity index (χ1) is 22.9. The van der Waals surface area contributed by atoms with Gasteiger partial charge in [0.25, 0.3) is 5.91 Å². The van der Waals surface area contributed by atoms with Gasteiger partial charge in [0.1, 0.15) is 28.1 Å². The van der Waals surface area contributed by atoms with Crippen molar-refractivity contribution in [3.8, 4) is 5.75 Å². The van der Waals surface area contributed by atoms with E-state index in [4.69, 9.17) is 9.47 Å². The van der Waals surface area contributed by atoms with E-state index >= 15 is 0 Å². The minimum absolute atomic E-state index is 0.0155. The van der Waals surface area contributed by atoms with Crippen molar-refractivity contribution in [1.29, 1.82) is 0 Å². The molecule has 15 heteroatoms.